The Labute approximate surface area is 99.6 Å². The van der Waals surface area contributed by atoms with E-state index in [1.165, 1.54) is 6.42 Å². The third-order valence-electron chi connectivity index (χ3n) is 2.88. The number of carbonyl (C=O) groups excluding carboxylic acids is 1. The minimum absolute atomic E-state index is 0.378. The number of piperazine rings is 1. The zero-order chi connectivity index (χ0) is 12.0. The van der Waals surface area contributed by atoms with Crippen molar-refractivity contribution in [3.63, 3.8) is 0 Å². The van der Waals surface area contributed by atoms with Crippen molar-refractivity contribution in [3.8, 4) is 0 Å². The van der Waals surface area contributed by atoms with Crippen molar-refractivity contribution in [3.05, 3.63) is 0 Å². The lowest BCUT2D eigenvalue weighted by molar-refractivity contribution is -0.138. The summed E-state index contributed by atoms with van der Waals surface area (Å²) in [6, 6.07) is 0. The molecule has 0 aromatic rings. The number of amides is 1. The van der Waals surface area contributed by atoms with Crippen LogP contribution in [0.2, 0.25) is 0 Å². The van der Waals surface area contributed by atoms with E-state index < -0.39 is 0 Å². The van der Waals surface area contributed by atoms with Gasteiger partial charge in [-0.1, -0.05) is 27.2 Å². The second-order valence-corrected chi connectivity index (χ2v) is 5.44. The molecule has 16 heavy (non-hydrogen) atoms. The van der Waals surface area contributed by atoms with E-state index in [0.717, 1.165) is 44.9 Å². The Morgan fingerprint density at radius 1 is 1.19 bits per heavy atom. The highest BCUT2D eigenvalue weighted by atomic mass is 16.2. The zero-order valence-corrected chi connectivity index (χ0v) is 11.0. The van der Waals surface area contributed by atoms with E-state index in [-0.39, 0.29) is 0 Å². The van der Waals surface area contributed by atoms with Gasteiger partial charge >= 0.3 is 0 Å². The van der Waals surface area contributed by atoms with Crippen LogP contribution < -0.4 is 5.32 Å². The lowest BCUT2D eigenvalue weighted by atomic mass is 9.84. The molecule has 3 nitrogen and oxygen atoms in total. The molecule has 0 spiro atoms. The van der Waals surface area contributed by atoms with E-state index >= 15 is 0 Å². The van der Waals surface area contributed by atoms with Gasteiger partial charge in [-0.2, -0.15) is 0 Å². The molecule has 0 unspecified atom stereocenters. The molecule has 0 radical (unpaired) electrons. The van der Waals surface area contributed by atoms with E-state index in [0.29, 0.717) is 11.8 Å². The number of rotatable bonds is 1. The standard InChI is InChI=1S/C9H16N2O.C4H10/c12-9(8-2-1-3-8)11-6-4-10-5-7-11;1-4(2)3/h8,10H,1-7H2;4H,1-3H3. The molecule has 1 saturated heterocycles. The maximum Gasteiger partial charge on any atom is 0.225 e. The van der Waals surface area contributed by atoms with Crippen molar-refractivity contribution in [2.75, 3.05) is 26.2 Å². The highest BCUT2D eigenvalue weighted by Crippen LogP contribution is 2.28. The molecule has 1 N–H and O–H groups in total. The third kappa shape index (κ3) is 4.52. The first-order valence-electron chi connectivity index (χ1n) is 6.60. The van der Waals surface area contributed by atoms with Gasteiger partial charge in [-0.3, -0.25) is 4.79 Å². The average Bonchev–Trinajstić information content (AvgIpc) is 2.15. The molecule has 1 saturated carbocycles. The van der Waals surface area contributed by atoms with E-state index in [1.54, 1.807) is 0 Å². The predicted molar refractivity (Wildman–Crippen MR) is 67.3 cm³/mol. The number of carbonyl (C=O) groups is 1. The largest absolute Gasteiger partial charge is 0.340 e. The maximum absolute atomic E-state index is 11.7. The number of nitrogens with zero attached hydrogens (tertiary/aromatic N) is 1. The summed E-state index contributed by atoms with van der Waals surface area (Å²) in [5.74, 6) is 1.62. The number of hydrogen-bond acceptors (Lipinski definition) is 2. The first-order valence-corrected chi connectivity index (χ1v) is 6.60. The van der Waals surface area contributed by atoms with Gasteiger partial charge in [-0.15, -0.1) is 0 Å². The highest BCUT2D eigenvalue weighted by Gasteiger charge is 2.29. The monoisotopic (exact) mass is 226 g/mol. The average molecular weight is 226 g/mol. The summed E-state index contributed by atoms with van der Waals surface area (Å²) in [5.41, 5.74) is 0. The summed E-state index contributed by atoms with van der Waals surface area (Å²) in [5, 5.41) is 3.25. The minimum atomic E-state index is 0.378. The lowest BCUT2D eigenvalue weighted by Gasteiger charge is -2.34. The molecule has 1 heterocycles. The molecule has 1 aliphatic carbocycles. The fourth-order valence-electron chi connectivity index (χ4n) is 1.80. The van der Waals surface area contributed by atoms with Crippen LogP contribution in [0, 0.1) is 11.8 Å². The van der Waals surface area contributed by atoms with Crippen LogP contribution in [0.15, 0.2) is 0 Å². The second kappa shape index (κ2) is 6.89. The van der Waals surface area contributed by atoms with Gasteiger partial charge in [0.2, 0.25) is 5.91 Å². The maximum atomic E-state index is 11.7. The summed E-state index contributed by atoms with van der Waals surface area (Å²) in [4.78, 5) is 13.7. The van der Waals surface area contributed by atoms with Gasteiger partial charge in [0.15, 0.2) is 0 Å². The van der Waals surface area contributed by atoms with Crippen molar-refractivity contribution in [1.82, 2.24) is 10.2 Å². The molecule has 0 atom stereocenters. The van der Waals surface area contributed by atoms with Gasteiger partial charge in [-0.05, 0) is 18.8 Å². The van der Waals surface area contributed by atoms with Gasteiger partial charge in [0, 0.05) is 32.1 Å². The van der Waals surface area contributed by atoms with E-state index in [1.807, 2.05) is 4.90 Å². The van der Waals surface area contributed by atoms with Crippen molar-refractivity contribution in [1.29, 1.82) is 0 Å². The minimum Gasteiger partial charge on any atom is -0.340 e. The van der Waals surface area contributed by atoms with Crippen molar-refractivity contribution < 1.29 is 4.79 Å². The first kappa shape index (κ1) is 13.5. The lowest BCUT2D eigenvalue weighted by Crippen LogP contribution is -2.49. The first-order chi connectivity index (χ1) is 7.61. The highest BCUT2D eigenvalue weighted by molar-refractivity contribution is 5.79. The molecule has 2 fully saturated rings. The molecule has 0 bridgehead atoms. The Morgan fingerprint density at radius 2 is 1.69 bits per heavy atom. The van der Waals surface area contributed by atoms with E-state index in [9.17, 15) is 4.79 Å². The molecule has 2 rings (SSSR count). The number of hydrogen-bond donors (Lipinski definition) is 1. The van der Waals surface area contributed by atoms with Crippen molar-refractivity contribution >= 4 is 5.91 Å². The van der Waals surface area contributed by atoms with Gasteiger partial charge in [0.1, 0.15) is 0 Å². The van der Waals surface area contributed by atoms with Crippen LogP contribution in [-0.2, 0) is 4.79 Å². The van der Waals surface area contributed by atoms with Crippen LogP contribution in [0.5, 0.6) is 0 Å². The van der Waals surface area contributed by atoms with Crippen LogP contribution in [0.3, 0.4) is 0 Å². The Kier molecular flexibility index (Phi) is 5.81. The Balaban J connectivity index is 0.000000280. The summed E-state index contributed by atoms with van der Waals surface area (Å²) in [7, 11) is 0. The Hall–Kier alpha value is -0.570. The second-order valence-electron chi connectivity index (χ2n) is 5.44. The van der Waals surface area contributed by atoms with Crippen molar-refractivity contribution in [2.24, 2.45) is 11.8 Å². The quantitative estimate of drug-likeness (QED) is 0.740. The van der Waals surface area contributed by atoms with E-state index in [4.69, 9.17) is 0 Å². The van der Waals surface area contributed by atoms with Gasteiger partial charge in [-0.25, -0.2) is 0 Å². The van der Waals surface area contributed by atoms with Gasteiger partial charge in [0.05, 0.1) is 0 Å². The fraction of sp³-hybridized carbons (Fsp3) is 0.923. The Bertz CT molecular complexity index is 203. The van der Waals surface area contributed by atoms with Crippen LogP contribution >= 0.6 is 0 Å². The molecular weight excluding hydrogens is 200 g/mol. The summed E-state index contributed by atoms with van der Waals surface area (Å²) >= 11 is 0. The van der Waals surface area contributed by atoms with Crippen LogP contribution in [0.25, 0.3) is 0 Å². The van der Waals surface area contributed by atoms with Crippen LogP contribution in [0.4, 0.5) is 0 Å². The molecular formula is C13H26N2O. The molecule has 1 aliphatic heterocycles. The molecule has 0 aromatic heterocycles. The summed E-state index contributed by atoms with van der Waals surface area (Å²) < 4.78 is 0. The SMILES string of the molecule is CC(C)C.O=C(C1CCC1)N1CCNCC1. The van der Waals surface area contributed by atoms with Crippen LogP contribution in [-0.4, -0.2) is 37.0 Å². The van der Waals surface area contributed by atoms with Gasteiger partial charge in [0.25, 0.3) is 0 Å². The molecule has 1 amide bonds. The summed E-state index contributed by atoms with van der Waals surface area (Å²) in [6.07, 6.45) is 3.51. The van der Waals surface area contributed by atoms with Gasteiger partial charge < -0.3 is 10.2 Å². The number of nitrogens with one attached hydrogen (secondary N) is 1. The van der Waals surface area contributed by atoms with Crippen LogP contribution in [0.1, 0.15) is 40.0 Å². The fourth-order valence-corrected chi connectivity index (χ4v) is 1.80. The third-order valence-corrected chi connectivity index (χ3v) is 2.88. The van der Waals surface area contributed by atoms with E-state index in [2.05, 4.69) is 26.1 Å². The normalized spacial score (nSPS) is 21.1. The molecule has 3 heteroatoms. The topological polar surface area (TPSA) is 32.3 Å². The zero-order valence-electron chi connectivity index (χ0n) is 11.0. The molecule has 2 aliphatic rings. The molecule has 0 aromatic carbocycles. The molecule has 94 valence electrons. The smallest absolute Gasteiger partial charge is 0.225 e. The Morgan fingerprint density at radius 3 is 2.06 bits per heavy atom. The predicted octanol–water partition coefficient (Wildman–Crippen LogP) is 1.88. The van der Waals surface area contributed by atoms with Crippen molar-refractivity contribution in [2.45, 2.75) is 40.0 Å². The summed E-state index contributed by atoms with van der Waals surface area (Å²) in [6.45, 7) is 10.3.